The van der Waals surface area contributed by atoms with Gasteiger partial charge >= 0.3 is 7.12 Å². The van der Waals surface area contributed by atoms with Gasteiger partial charge in [-0.25, -0.2) is 0 Å². The first-order valence-corrected chi connectivity index (χ1v) is 7.53. The van der Waals surface area contributed by atoms with E-state index >= 15 is 0 Å². The third-order valence-corrected chi connectivity index (χ3v) is 3.78. The number of likely N-dealkylation sites (tertiary alicyclic amines) is 1. The van der Waals surface area contributed by atoms with Crippen molar-refractivity contribution in [1.29, 1.82) is 0 Å². The molecule has 22 heavy (non-hydrogen) atoms. The lowest BCUT2D eigenvalue weighted by atomic mass is 9.76. The predicted octanol–water partition coefficient (Wildman–Crippen LogP) is -0.262. The summed E-state index contributed by atoms with van der Waals surface area (Å²) in [6.07, 6.45) is 1.90. The maximum Gasteiger partial charge on any atom is 0.475 e. The fourth-order valence-corrected chi connectivity index (χ4v) is 2.55. The Bertz CT molecular complexity index is 510. The van der Waals surface area contributed by atoms with Crippen molar-refractivity contribution in [2.24, 2.45) is 0 Å². The lowest BCUT2D eigenvalue weighted by molar-refractivity contribution is -0.128. The average molecular weight is 304 g/mol. The maximum absolute atomic E-state index is 11.9. The second-order valence-corrected chi connectivity index (χ2v) is 5.51. The average Bonchev–Trinajstić information content (AvgIpc) is 2.91. The number of nitrogens with one attached hydrogen (secondary N) is 1. The molecule has 2 rings (SSSR count). The molecule has 118 valence electrons. The Labute approximate surface area is 130 Å². The van der Waals surface area contributed by atoms with Gasteiger partial charge in [-0.2, -0.15) is 0 Å². The Morgan fingerprint density at radius 1 is 1.32 bits per heavy atom. The van der Waals surface area contributed by atoms with Crippen molar-refractivity contribution >= 4 is 18.9 Å². The number of benzene rings is 1. The van der Waals surface area contributed by atoms with Crippen molar-refractivity contribution in [2.75, 3.05) is 13.1 Å². The number of amides is 2. The molecule has 0 saturated carbocycles. The van der Waals surface area contributed by atoms with Gasteiger partial charge in [-0.15, -0.1) is 0 Å². The molecule has 1 atom stereocenters. The summed E-state index contributed by atoms with van der Waals surface area (Å²) >= 11 is 0. The van der Waals surface area contributed by atoms with Crippen molar-refractivity contribution < 1.29 is 19.6 Å². The van der Waals surface area contributed by atoms with Crippen LogP contribution in [0.1, 0.15) is 24.8 Å². The van der Waals surface area contributed by atoms with Gasteiger partial charge in [0, 0.05) is 25.9 Å². The molecule has 1 aliphatic rings. The molecule has 0 aliphatic carbocycles. The van der Waals surface area contributed by atoms with Crippen LogP contribution in [0.15, 0.2) is 30.3 Å². The van der Waals surface area contributed by atoms with E-state index in [1.807, 2.05) is 30.3 Å². The molecule has 0 unspecified atom stereocenters. The first-order chi connectivity index (χ1) is 10.6. The zero-order chi connectivity index (χ0) is 15.9. The molecular formula is C15H21BN2O4. The summed E-state index contributed by atoms with van der Waals surface area (Å²) in [5, 5.41) is 21.5. The molecule has 1 aromatic carbocycles. The highest BCUT2D eigenvalue weighted by Crippen LogP contribution is 2.10. The summed E-state index contributed by atoms with van der Waals surface area (Å²) in [5.41, 5.74) is 0.913. The highest BCUT2D eigenvalue weighted by atomic mass is 16.4. The Balaban J connectivity index is 1.82. The smallest absolute Gasteiger partial charge is 0.426 e. The summed E-state index contributed by atoms with van der Waals surface area (Å²) in [7, 11) is -1.63. The number of nitrogens with zero attached hydrogens (tertiary/aromatic N) is 1. The summed E-state index contributed by atoms with van der Waals surface area (Å²) in [4.78, 5) is 25.1. The Morgan fingerprint density at radius 2 is 2.05 bits per heavy atom. The first-order valence-electron chi connectivity index (χ1n) is 7.53. The minimum atomic E-state index is -1.63. The number of rotatable bonds is 7. The molecule has 7 heteroatoms. The number of hydrogen-bond acceptors (Lipinski definition) is 4. The molecule has 0 spiro atoms. The van der Waals surface area contributed by atoms with E-state index in [2.05, 4.69) is 5.32 Å². The summed E-state index contributed by atoms with van der Waals surface area (Å²) in [6, 6.07) is 9.32. The van der Waals surface area contributed by atoms with Crippen molar-refractivity contribution in [3.05, 3.63) is 35.9 Å². The van der Waals surface area contributed by atoms with E-state index < -0.39 is 13.1 Å². The van der Waals surface area contributed by atoms with Crippen molar-refractivity contribution in [2.45, 2.75) is 31.6 Å². The van der Waals surface area contributed by atoms with E-state index in [-0.39, 0.29) is 18.2 Å². The monoisotopic (exact) mass is 304 g/mol. The van der Waals surface area contributed by atoms with Crippen LogP contribution < -0.4 is 5.32 Å². The topological polar surface area (TPSA) is 89.9 Å². The van der Waals surface area contributed by atoms with E-state index in [9.17, 15) is 19.6 Å². The van der Waals surface area contributed by atoms with Crippen LogP contribution in [-0.4, -0.2) is 52.9 Å². The molecule has 1 aromatic rings. The summed E-state index contributed by atoms with van der Waals surface area (Å²) < 4.78 is 0. The zero-order valence-corrected chi connectivity index (χ0v) is 12.4. The lowest BCUT2D eigenvalue weighted by Gasteiger charge is -2.19. The molecule has 3 N–H and O–H groups in total. The quantitative estimate of drug-likeness (QED) is 0.605. The van der Waals surface area contributed by atoms with Crippen LogP contribution in [0.3, 0.4) is 0 Å². The molecule has 1 saturated heterocycles. The Kier molecular flexibility index (Phi) is 5.97. The highest BCUT2D eigenvalue weighted by molar-refractivity contribution is 6.43. The second-order valence-electron chi connectivity index (χ2n) is 5.51. The normalized spacial score (nSPS) is 15.7. The molecule has 1 fully saturated rings. The van der Waals surface area contributed by atoms with Gasteiger partial charge < -0.3 is 20.3 Å². The number of carbonyl (C=O) groups excluding carboxylic acids is 2. The number of carbonyl (C=O) groups is 2. The molecule has 0 bridgehead atoms. The second kappa shape index (κ2) is 7.96. The van der Waals surface area contributed by atoms with Gasteiger partial charge in [0.05, 0.1) is 5.94 Å². The minimum Gasteiger partial charge on any atom is -0.426 e. The van der Waals surface area contributed by atoms with Gasteiger partial charge in [0.2, 0.25) is 11.8 Å². The van der Waals surface area contributed by atoms with Gasteiger partial charge in [-0.05, 0) is 18.4 Å². The maximum atomic E-state index is 11.9. The van der Waals surface area contributed by atoms with E-state index in [0.29, 0.717) is 25.9 Å². The fourth-order valence-electron chi connectivity index (χ4n) is 2.55. The zero-order valence-electron chi connectivity index (χ0n) is 12.4. The predicted molar refractivity (Wildman–Crippen MR) is 82.7 cm³/mol. The van der Waals surface area contributed by atoms with Crippen LogP contribution in [0.4, 0.5) is 0 Å². The SMILES string of the molecule is O=C(CCN1CCCC1=O)N[C@H](Cc1ccccc1)B(O)O. The van der Waals surface area contributed by atoms with Crippen LogP contribution in [0.25, 0.3) is 0 Å². The fraction of sp³-hybridized carbons (Fsp3) is 0.467. The van der Waals surface area contributed by atoms with Crippen LogP contribution in [0.5, 0.6) is 0 Å². The van der Waals surface area contributed by atoms with Crippen molar-refractivity contribution in [1.82, 2.24) is 10.2 Å². The van der Waals surface area contributed by atoms with Crippen LogP contribution in [0.2, 0.25) is 0 Å². The van der Waals surface area contributed by atoms with Crippen molar-refractivity contribution in [3.63, 3.8) is 0 Å². The third-order valence-electron chi connectivity index (χ3n) is 3.78. The van der Waals surface area contributed by atoms with Crippen LogP contribution in [-0.2, 0) is 16.0 Å². The minimum absolute atomic E-state index is 0.0795. The van der Waals surface area contributed by atoms with Gasteiger partial charge in [0.15, 0.2) is 0 Å². The van der Waals surface area contributed by atoms with Gasteiger partial charge in [-0.1, -0.05) is 30.3 Å². The third kappa shape index (κ3) is 4.86. The van der Waals surface area contributed by atoms with Crippen LogP contribution in [0, 0.1) is 0 Å². The largest absolute Gasteiger partial charge is 0.475 e. The molecule has 0 aromatic heterocycles. The van der Waals surface area contributed by atoms with E-state index in [1.54, 1.807) is 4.90 Å². The van der Waals surface area contributed by atoms with Crippen LogP contribution >= 0.6 is 0 Å². The first kappa shape index (κ1) is 16.5. The highest BCUT2D eigenvalue weighted by Gasteiger charge is 2.26. The standard InChI is InChI=1S/C15H21BN2O4/c19-14(8-10-18-9-4-7-15(18)20)17-13(16(21)22)11-12-5-2-1-3-6-12/h1-3,5-6,13,21-22H,4,7-11H2,(H,17,19)/t13-/m1/s1. The van der Waals surface area contributed by atoms with E-state index in [1.165, 1.54) is 0 Å². The Hall–Kier alpha value is -1.86. The molecule has 6 nitrogen and oxygen atoms in total. The number of hydrogen-bond donors (Lipinski definition) is 3. The molecule has 0 radical (unpaired) electrons. The van der Waals surface area contributed by atoms with E-state index in [4.69, 9.17) is 0 Å². The summed E-state index contributed by atoms with van der Waals surface area (Å²) in [6.45, 7) is 1.08. The van der Waals surface area contributed by atoms with Gasteiger partial charge in [0.1, 0.15) is 0 Å². The van der Waals surface area contributed by atoms with Crippen molar-refractivity contribution in [3.8, 4) is 0 Å². The molecule has 2 amide bonds. The molecular weight excluding hydrogens is 283 g/mol. The Morgan fingerprint density at radius 3 is 2.64 bits per heavy atom. The van der Waals surface area contributed by atoms with Gasteiger partial charge in [-0.3, -0.25) is 9.59 Å². The lowest BCUT2D eigenvalue weighted by Crippen LogP contribution is -2.48. The van der Waals surface area contributed by atoms with Gasteiger partial charge in [0.25, 0.3) is 0 Å². The molecule has 1 heterocycles. The van der Waals surface area contributed by atoms with E-state index in [0.717, 1.165) is 12.0 Å². The summed E-state index contributed by atoms with van der Waals surface area (Å²) in [5.74, 6) is -0.964. The molecule has 1 aliphatic heterocycles.